The third-order valence-corrected chi connectivity index (χ3v) is 2.74. The molecule has 0 aromatic carbocycles. The number of fused-ring (bicyclic) bond motifs is 1. The molecule has 1 atom stereocenters. The molecular formula is C12H20N2O. The van der Waals surface area contributed by atoms with Crippen LogP contribution >= 0.6 is 0 Å². The van der Waals surface area contributed by atoms with E-state index >= 15 is 0 Å². The molecule has 0 bridgehead atoms. The van der Waals surface area contributed by atoms with E-state index in [0.29, 0.717) is 0 Å². The fraction of sp³-hybridized carbons (Fsp3) is 0.750. The van der Waals surface area contributed by atoms with Crippen LogP contribution in [0.15, 0.2) is 6.20 Å². The number of hydrogen-bond acceptors (Lipinski definition) is 2. The summed E-state index contributed by atoms with van der Waals surface area (Å²) in [7, 11) is 0. The summed E-state index contributed by atoms with van der Waals surface area (Å²) >= 11 is 0. The first-order valence-electron chi connectivity index (χ1n) is 5.70. The number of hydrogen-bond donors (Lipinski definition) is 1. The van der Waals surface area contributed by atoms with Gasteiger partial charge in [-0.2, -0.15) is 0 Å². The normalized spacial score (nSPS) is 21.5. The predicted octanol–water partition coefficient (Wildman–Crippen LogP) is 2.30. The van der Waals surface area contributed by atoms with Crippen LogP contribution < -0.4 is 0 Å². The van der Waals surface area contributed by atoms with Crippen LogP contribution in [0.1, 0.15) is 51.2 Å². The first kappa shape index (κ1) is 10.7. The van der Waals surface area contributed by atoms with Gasteiger partial charge in [0.25, 0.3) is 0 Å². The van der Waals surface area contributed by atoms with Gasteiger partial charge in [-0.3, -0.25) is 0 Å². The molecule has 0 saturated carbocycles. The maximum absolute atomic E-state index is 9.79. The van der Waals surface area contributed by atoms with Gasteiger partial charge < -0.3 is 9.67 Å². The van der Waals surface area contributed by atoms with Crippen molar-refractivity contribution in [2.24, 2.45) is 5.41 Å². The zero-order chi connectivity index (χ0) is 11.1. The van der Waals surface area contributed by atoms with Crippen LogP contribution in [0, 0.1) is 5.41 Å². The van der Waals surface area contributed by atoms with E-state index in [4.69, 9.17) is 0 Å². The Morgan fingerprint density at radius 1 is 1.53 bits per heavy atom. The number of aliphatic hydroxyl groups is 1. The Morgan fingerprint density at radius 2 is 2.27 bits per heavy atom. The molecule has 0 radical (unpaired) electrons. The minimum absolute atomic E-state index is 0.259. The molecule has 1 aromatic rings. The van der Waals surface area contributed by atoms with Gasteiger partial charge in [0, 0.05) is 12.7 Å². The van der Waals surface area contributed by atoms with Crippen molar-refractivity contribution in [3.8, 4) is 0 Å². The molecule has 0 fully saturated rings. The molecule has 3 nitrogen and oxygen atoms in total. The molecule has 1 N–H and O–H groups in total. The Kier molecular flexibility index (Phi) is 2.59. The van der Waals surface area contributed by atoms with Gasteiger partial charge in [-0.25, -0.2) is 4.98 Å². The molecule has 1 aliphatic rings. The smallest absolute Gasteiger partial charge is 0.137 e. The fourth-order valence-electron chi connectivity index (χ4n) is 2.14. The highest BCUT2D eigenvalue weighted by atomic mass is 16.3. The SMILES string of the molecule is CC(C)(C)Cc1cn2c(n1)C(O)CCC2. The van der Waals surface area contributed by atoms with E-state index in [1.807, 2.05) is 0 Å². The molecule has 15 heavy (non-hydrogen) atoms. The number of imidazole rings is 1. The van der Waals surface area contributed by atoms with Crippen LogP contribution in [0.2, 0.25) is 0 Å². The number of rotatable bonds is 1. The number of aryl methyl sites for hydroxylation is 1. The lowest BCUT2D eigenvalue weighted by atomic mass is 9.91. The third kappa shape index (κ3) is 2.40. The highest BCUT2D eigenvalue weighted by molar-refractivity contribution is 5.09. The van der Waals surface area contributed by atoms with Gasteiger partial charge in [0.1, 0.15) is 11.9 Å². The molecule has 2 rings (SSSR count). The van der Waals surface area contributed by atoms with Crippen molar-refractivity contribution >= 4 is 0 Å². The Morgan fingerprint density at radius 3 is 2.87 bits per heavy atom. The highest BCUT2D eigenvalue weighted by Crippen LogP contribution is 2.26. The Hall–Kier alpha value is -0.830. The lowest BCUT2D eigenvalue weighted by Crippen LogP contribution is -2.14. The second kappa shape index (κ2) is 3.63. The zero-order valence-electron chi connectivity index (χ0n) is 9.82. The summed E-state index contributed by atoms with van der Waals surface area (Å²) in [4.78, 5) is 4.53. The molecule has 1 unspecified atom stereocenters. The quantitative estimate of drug-likeness (QED) is 0.769. The monoisotopic (exact) mass is 208 g/mol. The van der Waals surface area contributed by atoms with E-state index in [9.17, 15) is 5.11 Å². The summed E-state index contributed by atoms with van der Waals surface area (Å²) in [5.74, 6) is 0.862. The summed E-state index contributed by atoms with van der Waals surface area (Å²) in [6.45, 7) is 7.63. The van der Waals surface area contributed by atoms with E-state index in [1.165, 1.54) is 0 Å². The number of aliphatic hydroxyl groups excluding tert-OH is 1. The van der Waals surface area contributed by atoms with E-state index in [1.54, 1.807) is 0 Å². The van der Waals surface area contributed by atoms with Crippen molar-refractivity contribution in [1.82, 2.24) is 9.55 Å². The van der Waals surface area contributed by atoms with Gasteiger partial charge in [0.05, 0.1) is 5.69 Å². The van der Waals surface area contributed by atoms with Crippen LogP contribution in [0.3, 0.4) is 0 Å². The number of aromatic nitrogens is 2. The third-order valence-electron chi connectivity index (χ3n) is 2.74. The first-order valence-corrected chi connectivity index (χ1v) is 5.70. The van der Waals surface area contributed by atoms with Gasteiger partial charge in [0.2, 0.25) is 0 Å². The van der Waals surface area contributed by atoms with Crippen molar-refractivity contribution in [3.05, 3.63) is 17.7 Å². The summed E-state index contributed by atoms with van der Waals surface area (Å²) in [6, 6.07) is 0. The van der Waals surface area contributed by atoms with Crippen molar-refractivity contribution < 1.29 is 5.11 Å². The van der Waals surface area contributed by atoms with Crippen molar-refractivity contribution in [2.45, 2.75) is 52.7 Å². The average molecular weight is 208 g/mol. The molecule has 0 saturated heterocycles. The standard InChI is InChI=1S/C12H20N2O/c1-12(2,3)7-9-8-14-6-4-5-10(15)11(14)13-9/h8,10,15H,4-7H2,1-3H3. The molecule has 84 valence electrons. The molecule has 3 heteroatoms. The molecule has 0 aliphatic carbocycles. The zero-order valence-corrected chi connectivity index (χ0v) is 9.82. The Bertz CT molecular complexity index is 349. The minimum atomic E-state index is -0.354. The van der Waals surface area contributed by atoms with Gasteiger partial charge in [-0.15, -0.1) is 0 Å². The second-order valence-corrected chi connectivity index (χ2v) is 5.68. The molecule has 2 heterocycles. The van der Waals surface area contributed by atoms with Gasteiger partial charge in [-0.1, -0.05) is 20.8 Å². The predicted molar refractivity (Wildman–Crippen MR) is 59.6 cm³/mol. The maximum atomic E-state index is 9.79. The lowest BCUT2D eigenvalue weighted by Gasteiger charge is -2.18. The van der Waals surface area contributed by atoms with Crippen LogP contribution in [0.4, 0.5) is 0 Å². The lowest BCUT2D eigenvalue weighted by molar-refractivity contribution is 0.133. The van der Waals surface area contributed by atoms with Crippen LogP contribution in [-0.2, 0) is 13.0 Å². The van der Waals surface area contributed by atoms with Gasteiger partial charge in [-0.05, 0) is 24.7 Å². The minimum Gasteiger partial charge on any atom is -0.385 e. The van der Waals surface area contributed by atoms with Crippen LogP contribution in [0.25, 0.3) is 0 Å². The van der Waals surface area contributed by atoms with Crippen molar-refractivity contribution in [1.29, 1.82) is 0 Å². The topological polar surface area (TPSA) is 38.0 Å². The average Bonchev–Trinajstić information content (AvgIpc) is 2.45. The first-order chi connectivity index (χ1) is 6.96. The van der Waals surface area contributed by atoms with E-state index in [2.05, 4.69) is 36.5 Å². The van der Waals surface area contributed by atoms with Crippen molar-refractivity contribution in [2.75, 3.05) is 0 Å². The van der Waals surface area contributed by atoms with Gasteiger partial charge in [0.15, 0.2) is 0 Å². The molecule has 1 aliphatic heterocycles. The second-order valence-electron chi connectivity index (χ2n) is 5.68. The highest BCUT2D eigenvalue weighted by Gasteiger charge is 2.22. The summed E-state index contributed by atoms with van der Waals surface area (Å²) in [6.07, 6.45) is 4.63. The van der Waals surface area contributed by atoms with Gasteiger partial charge >= 0.3 is 0 Å². The molecular weight excluding hydrogens is 188 g/mol. The summed E-state index contributed by atoms with van der Waals surface area (Å²) in [5, 5.41) is 9.79. The fourth-order valence-corrected chi connectivity index (χ4v) is 2.14. The summed E-state index contributed by atoms with van der Waals surface area (Å²) in [5.41, 5.74) is 1.37. The Balaban J connectivity index is 2.22. The van der Waals surface area contributed by atoms with Crippen molar-refractivity contribution in [3.63, 3.8) is 0 Å². The van der Waals surface area contributed by atoms with Crippen LogP contribution in [-0.4, -0.2) is 14.7 Å². The number of nitrogens with zero attached hydrogens (tertiary/aromatic N) is 2. The Labute approximate surface area is 91.1 Å². The molecule has 1 aromatic heterocycles. The maximum Gasteiger partial charge on any atom is 0.137 e. The molecule has 0 amide bonds. The summed E-state index contributed by atoms with van der Waals surface area (Å²) < 4.78 is 2.11. The van der Waals surface area contributed by atoms with E-state index < -0.39 is 0 Å². The molecule has 0 spiro atoms. The largest absolute Gasteiger partial charge is 0.385 e. The van der Waals surface area contributed by atoms with Crippen LogP contribution in [0.5, 0.6) is 0 Å². The van der Waals surface area contributed by atoms with E-state index in [0.717, 1.165) is 37.3 Å². The van der Waals surface area contributed by atoms with E-state index in [-0.39, 0.29) is 11.5 Å².